The molecule has 0 radical (unpaired) electrons. The van der Waals surface area contributed by atoms with Crippen LogP contribution in [0.2, 0.25) is 0 Å². The van der Waals surface area contributed by atoms with Crippen LogP contribution in [0, 0.1) is 0 Å². The highest BCUT2D eigenvalue weighted by Gasteiger charge is 2.27. The molecule has 7 heteroatoms. The Labute approximate surface area is 86.4 Å². The zero-order valence-corrected chi connectivity index (χ0v) is 8.55. The standard InChI is InChI=1S/C8H16F3N3O/c1-14(5-3-8(9,10)11)4-2-6(12)7(13)15/h6H,2-5,12H2,1H3,(H2,13,15). The van der Waals surface area contributed by atoms with Crippen LogP contribution in [0.15, 0.2) is 0 Å². The highest BCUT2D eigenvalue weighted by atomic mass is 19.4. The van der Waals surface area contributed by atoms with Crippen molar-refractivity contribution in [2.75, 3.05) is 20.1 Å². The van der Waals surface area contributed by atoms with E-state index in [0.29, 0.717) is 6.54 Å². The molecule has 0 aromatic carbocycles. The SMILES string of the molecule is CN(CCC(N)C(N)=O)CCC(F)(F)F. The fourth-order valence-corrected chi connectivity index (χ4v) is 0.931. The molecule has 0 aliphatic rings. The third kappa shape index (κ3) is 8.19. The highest BCUT2D eigenvalue weighted by molar-refractivity contribution is 5.79. The lowest BCUT2D eigenvalue weighted by Crippen LogP contribution is -2.39. The first-order valence-electron chi connectivity index (χ1n) is 4.52. The van der Waals surface area contributed by atoms with Crippen LogP contribution < -0.4 is 11.5 Å². The molecule has 1 unspecified atom stereocenters. The van der Waals surface area contributed by atoms with Gasteiger partial charge in [-0.25, -0.2) is 0 Å². The molecule has 0 aromatic heterocycles. The van der Waals surface area contributed by atoms with Gasteiger partial charge in [-0.2, -0.15) is 13.2 Å². The second kappa shape index (κ2) is 5.92. The molecule has 0 aliphatic heterocycles. The molecule has 0 aromatic rings. The minimum Gasteiger partial charge on any atom is -0.368 e. The van der Waals surface area contributed by atoms with Crippen LogP contribution in [-0.2, 0) is 4.79 Å². The predicted octanol–water partition coefficient (Wildman–Crippen LogP) is 0.0733. The highest BCUT2D eigenvalue weighted by Crippen LogP contribution is 2.19. The summed E-state index contributed by atoms with van der Waals surface area (Å²) >= 11 is 0. The molecule has 0 bridgehead atoms. The van der Waals surface area contributed by atoms with E-state index in [0.717, 1.165) is 0 Å². The van der Waals surface area contributed by atoms with Crippen molar-refractivity contribution in [3.8, 4) is 0 Å². The number of nitrogens with zero attached hydrogens (tertiary/aromatic N) is 1. The smallest absolute Gasteiger partial charge is 0.368 e. The molecule has 0 aliphatic carbocycles. The third-order valence-corrected chi connectivity index (χ3v) is 1.96. The van der Waals surface area contributed by atoms with Crippen molar-refractivity contribution in [2.24, 2.45) is 11.5 Å². The van der Waals surface area contributed by atoms with Crippen molar-refractivity contribution in [2.45, 2.75) is 25.1 Å². The molecule has 4 N–H and O–H groups in total. The van der Waals surface area contributed by atoms with Gasteiger partial charge in [-0.3, -0.25) is 4.79 Å². The maximum absolute atomic E-state index is 11.8. The van der Waals surface area contributed by atoms with Gasteiger partial charge in [0.15, 0.2) is 0 Å². The number of halogens is 3. The van der Waals surface area contributed by atoms with Crippen LogP contribution in [-0.4, -0.2) is 43.2 Å². The van der Waals surface area contributed by atoms with E-state index in [1.165, 1.54) is 4.90 Å². The van der Waals surface area contributed by atoms with Gasteiger partial charge in [0.05, 0.1) is 12.5 Å². The number of carbonyl (C=O) groups excluding carboxylic acids is 1. The fourth-order valence-electron chi connectivity index (χ4n) is 0.931. The Hall–Kier alpha value is -0.820. The quantitative estimate of drug-likeness (QED) is 0.674. The van der Waals surface area contributed by atoms with E-state index in [4.69, 9.17) is 11.5 Å². The summed E-state index contributed by atoms with van der Waals surface area (Å²) in [7, 11) is 1.54. The summed E-state index contributed by atoms with van der Waals surface area (Å²) in [6, 6.07) is -0.793. The molecule has 1 atom stereocenters. The first-order chi connectivity index (χ1) is 6.72. The Morgan fingerprint density at radius 1 is 1.40 bits per heavy atom. The molecule has 0 rings (SSSR count). The summed E-state index contributed by atoms with van der Waals surface area (Å²) in [5.41, 5.74) is 10.2. The molecule has 90 valence electrons. The first-order valence-corrected chi connectivity index (χ1v) is 4.52. The summed E-state index contributed by atoms with van der Waals surface area (Å²) in [5.74, 6) is -0.640. The molecule has 1 amide bonds. The van der Waals surface area contributed by atoms with Crippen molar-refractivity contribution < 1.29 is 18.0 Å². The largest absolute Gasteiger partial charge is 0.390 e. The average Bonchev–Trinajstić information content (AvgIpc) is 2.09. The Morgan fingerprint density at radius 3 is 2.33 bits per heavy atom. The van der Waals surface area contributed by atoms with Gasteiger partial charge < -0.3 is 16.4 Å². The second-order valence-corrected chi connectivity index (χ2v) is 3.47. The molecule has 0 saturated heterocycles. The second-order valence-electron chi connectivity index (χ2n) is 3.47. The number of hydrogen-bond donors (Lipinski definition) is 2. The zero-order valence-electron chi connectivity index (χ0n) is 8.55. The van der Waals surface area contributed by atoms with Gasteiger partial charge in [0, 0.05) is 6.54 Å². The van der Waals surface area contributed by atoms with E-state index in [1.807, 2.05) is 0 Å². The van der Waals surface area contributed by atoms with Crippen molar-refractivity contribution in [3.05, 3.63) is 0 Å². The number of rotatable bonds is 6. The van der Waals surface area contributed by atoms with Crippen LogP contribution in [0.25, 0.3) is 0 Å². The van der Waals surface area contributed by atoms with Crippen LogP contribution in [0.4, 0.5) is 13.2 Å². The van der Waals surface area contributed by atoms with Gasteiger partial charge in [0.2, 0.25) is 5.91 Å². The van der Waals surface area contributed by atoms with Crippen LogP contribution >= 0.6 is 0 Å². The molecule has 0 fully saturated rings. The Kier molecular flexibility index (Phi) is 5.59. The Morgan fingerprint density at radius 2 is 1.93 bits per heavy atom. The van der Waals surface area contributed by atoms with Crippen molar-refractivity contribution in [1.29, 1.82) is 0 Å². The van der Waals surface area contributed by atoms with Gasteiger partial charge in [-0.1, -0.05) is 0 Å². The molecule has 15 heavy (non-hydrogen) atoms. The lowest BCUT2D eigenvalue weighted by Gasteiger charge is -2.18. The molecular weight excluding hydrogens is 211 g/mol. The van der Waals surface area contributed by atoms with Gasteiger partial charge >= 0.3 is 6.18 Å². The van der Waals surface area contributed by atoms with Crippen molar-refractivity contribution >= 4 is 5.91 Å². The van der Waals surface area contributed by atoms with Gasteiger partial charge in [-0.05, 0) is 20.0 Å². The lowest BCUT2D eigenvalue weighted by atomic mass is 10.2. The van der Waals surface area contributed by atoms with Crippen molar-refractivity contribution in [1.82, 2.24) is 4.90 Å². The van der Waals surface area contributed by atoms with E-state index >= 15 is 0 Å². The molecular formula is C8H16F3N3O. The minimum atomic E-state index is -4.15. The van der Waals surface area contributed by atoms with Gasteiger partial charge in [0.1, 0.15) is 0 Å². The third-order valence-electron chi connectivity index (χ3n) is 1.96. The maximum atomic E-state index is 11.8. The number of nitrogens with two attached hydrogens (primary N) is 2. The van der Waals surface area contributed by atoms with Crippen molar-refractivity contribution in [3.63, 3.8) is 0 Å². The maximum Gasteiger partial charge on any atom is 0.390 e. The minimum absolute atomic E-state index is 0.102. The average molecular weight is 227 g/mol. The number of primary amides is 1. The molecule has 0 heterocycles. The molecule has 4 nitrogen and oxygen atoms in total. The Balaban J connectivity index is 3.66. The zero-order chi connectivity index (χ0) is 12.1. The lowest BCUT2D eigenvalue weighted by molar-refractivity contribution is -0.137. The number of amides is 1. The van der Waals surface area contributed by atoms with Crippen LogP contribution in [0.3, 0.4) is 0 Å². The number of alkyl halides is 3. The van der Waals surface area contributed by atoms with E-state index in [1.54, 1.807) is 7.05 Å². The normalized spacial score (nSPS) is 14.3. The first kappa shape index (κ1) is 14.2. The monoisotopic (exact) mass is 227 g/mol. The fraction of sp³-hybridized carbons (Fsp3) is 0.875. The van der Waals surface area contributed by atoms with E-state index < -0.39 is 24.5 Å². The van der Waals surface area contributed by atoms with Crippen LogP contribution in [0.5, 0.6) is 0 Å². The summed E-state index contributed by atoms with van der Waals surface area (Å²) < 4.78 is 35.5. The summed E-state index contributed by atoms with van der Waals surface area (Å²) in [6.07, 6.45) is -4.75. The van der Waals surface area contributed by atoms with E-state index in [9.17, 15) is 18.0 Å². The number of hydrogen-bond acceptors (Lipinski definition) is 3. The van der Waals surface area contributed by atoms with Crippen LogP contribution in [0.1, 0.15) is 12.8 Å². The van der Waals surface area contributed by atoms with Gasteiger partial charge in [-0.15, -0.1) is 0 Å². The Bertz CT molecular complexity index is 208. The topological polar surface area (TPSA) is 72.3 Å². The molecule has 0 saturated carbocycles. The predicted molar refractivity (Wildman–Crippen MR) is 50.0 cm³/mol. The van der Waals surface area contributed by atoms with E-state index in [-0.39, 0.29) is 13.0 Å². The number of carbonyl (C=O) groups is 1. The summed E-state index contributed by atoms with van der Waals surface area (Å²) in [5, 5.41) is 0. The summed E-state index contributed by atoms with van der Waals surface area (Å²) in [4.78, 5) is 12.0. The summed E-state index contributed by atoms with van der Waals surface area (Å²) in [6.45, 7) is 0.217. The molecule has 0 spiro atoms. The van der Waals surface area contributed by atoms with E-state index in [2.05, 4.69) is 0 Å². The van der Waals surface area contributed by atoms with Gasteiger partial charge in [0.25, 0.3) is 0 Å².